The van der Waals surface area contributed by atoms with Crippen molar-refractivity contribution in [1.82, 2.24) is 4.98 Å². The molecule has 1 heteroatoms. The van der Waals surface area contributed by atoms with E-state index in [1.807, 2.05) is 12.3 Å². The van der Waals surface area contributed by atoms with Gasteiger partial charge in [-0.2, -0.15) is 0 Å². The number of hydrogen-bond acceptors (Lipinski definition) is 1. The second-order valence-electron chi connectivity index (χ2n) is 8.27. The quantitative estimate of drug-likeness (QED) is 0.440. The van der Waals surface area contributed by atoms with E-state index in [9.17, 15) is 0 Å². The monoisotopic (exact) mass is 349 g/mol. The fourth-order valence-corrected chi connectivity index (χ4v) is 3.33. The van der Waals surface area contributed by atoms with Crippen LogP contribution in [-0.4, -0.2) is 4.98 Å². The molecular weight excluding hydrogens is 314 g/mol. The first-order chi connectivity index (χ1) is 12.4. The maximum absolute atomic E-state index is 4.56. The number of nitrogens with zero attached hydrogens (tertiary/aromatic N) is 1. The molecule has 1 unspecified atom stereocenters. The van der Waals surface area contributed by atoms with Gasteiger partial charge in [-0.3, -0.25) is 4.98 Å². The van der Waals surface area contributed by atoms with E-state index >= 15 is 0 Å². The first-order valence-corrected chi connectivity index (χ1v) is 10.1. The summed E-state index contributed by atoms with van der Waals surface area (Å²) in [5.74, 6) is 0.642. The van der Waals surface area contributed by atoms with E-state index < -0.39 is 0 Å². The lowest BCUT2D eigenvalue weighted by Crippen LogP contribution is -2.22. The zero-order valence-corrected chi connectivity index (χ0v) is 17.1. The molecule has 0 saturated carbocycles. The third-order valence-corrected chi connectivity index (χ3v) is 5.76. The summed E-state index contributed by atoms with van der Waals surface area (Å²) >= 11 is 0. The van der Waals surface area contributed by atoms with Crippen molar-refractivity contribution in [3.8, 4) is 0 Å². The van der Waals surface area contributed by atoms with Crippen LogP contribution in [0.4, 0.5) is 0 Å². The highest BCUT2D eigenvalue weighted by atomic mass is 14.7. The Kier molecular flexibility index (Phi) is 7.63. The molecule has 0 fully saturated rings. The number of allylic oxidation sites excluding steroid dienone is 1. The number of hydrogen-bond donors (Lipinski definition) is 0. The normalized spacial score (nSPS) is 12.8. The Hall–Kier alpha value is -1.89. The van der Waals surface area contributed by atoms with Gasteiger partial charge < -0.3 is 0 Å². The Bertz CT molecular complexity index is 664. The van der Waals surface area contributed by atoms with Gasteiger partial charge in [-0.25, -0.2) is 0 Å². The molecule has 1 atom stereocenters. The Labute approximate surface area is 160 Å². The van der Waals surface area contributed by atoms with Crippen LogP contribution in [0.15, 0.2) is 55.3 Å². The lowest BCUT2D eigenvalue weighted by Gasteiger charge is -2.31. The molecule has 1 aromatic heterocycles. The van der Waals surface area contributed by atoms with E-state index in [0.717, 1.165) is 38.5 Å². The molecule has 1 heterocycles. The number of benzene rings is 1. The summed E-state index contributed by atoms with van der Waals surface area (Å²) in [6.07, 6.45) is 10.6. The van der Waals surface area contributed by atoms with Crippen LogP contribution in [0.3, 0.4) is 0 Å². The van der Waals surface area contributed by atoms with Crippen molar-refractivity contribution in [3.05, 3.63) is 77.6 Å². The highest BCUT2D eigenvalue weighted by Gasteiger charge is 2.24. The Morgan fingerprint density at radius 3 is 2.23 bits per heavy atom. The van der Waals surface area contributed by atoms with E-state index in [1.165, 1.54) is 22.4 Å². The average Bonchev–Trinajstić information content (AvgIpc) is 2.63. The summed E-state index contributed by atoms with van der Waals surface area (Å²) in [6.45, 7) is 13.1. The highest BCUT2D eigenvalue weighted by molar-refractivity contribution is 5.23. The van der Waals surface area contributed by atoms with E-state index in [1.54, 1.807) is 0 Å². The van der Waals surface area contributed by atoms with Crippen molar-refractivity contribution >= 4 is 0 Å². The molecule has 0 aliphatic rings. The molecule has 0 radical (unpaired) electrons. The Morgan fingerprint density at radius 2 is 1.65 bits per heavy atom. The minimum absolute atomic E-state index is 0.306. The van der Waals surface area contributed by atoms with Gasteiger partial charge in [-0.15, -0.1) is 6.58 Å². The first-order valence-electron chi connectivity index (χ1n) is 10.1. The van der Waals surface area contributed by atoms with E-state index in [4.69, 9.17) is 0 Å². The minimum atomic E-state index is 0.306. The molecule has 0 spiro atoms. The standard InChI is InChI=1S/C25H35N/c1-6-17-25(4,5)20(3)18-23-13-11-22(12-14-23)9-8-10-24-16-15-21(7-2)19-26-24/h6,11-16,19-20H,1,7-10,17-18H2,2-5H3. The molecule has 0 aliphatic heterocycles. The van der Waals surface area contributed by atoms with Crippen LogP contribution < -0.4 is 0 Å². The summed E-state index contributed by atoms with van der Waals surface area (Å²) in [5, 5.41) is 0. The van der Waals surface area contributed by atoms with Gasteiger partial charge in [0.2, 0.25) is 0 Å². The topological polar surface area (TPSA) is 12.9 Å². The highest BCUT2D eigenvalue weighted by Crippen LogP contribution is 2.33. The summed E-state index contributed by atoms with van der Waals surface area (Å²) in [4.78, 5) is 4.56. The number of rotatable bonds is 10. The molecule has 0 amide bonds. The molecule has 26 heavy (non-hydrogen) atoms. The fraction of sp³-hybridized carbons (Fsp3) is 0.480. The molecule has 0 bridgehead atoms. The molecule has 0 N–H and O–H groups in total. The van der Waals surface area contributed by atoms with Gasteiger partial charge >= 0.3 is 0 Å². The molecule has 0 aliphatic carbocycles. The zero-order chi connectivity index (χ0) is 19.0. The largest absolute Gasteiger partial charge is 0.261 e. The van der Waals surface area contributed by atoms with Crippen LogP contribution in [0.2, 0.25) is 0 Å². The predicted molar refractivity (Wildman–Crippen MR) is 114 cm³/mol. The van der Waals surface area contributed by atoms with Crippen molar-refractivity contribution < 1.29 is 0 Å². The number of pyridine rings is 1. The van der Waals surface area contributed by atoms with Crippen molar-refractivity contribution in [2.24, 2.45) is 11.3 Å². The molecule has 140 valence electrons. The van der Waals surface area contributed by atoms with Crippen LogP contribution in [0.1, 0.15) is 62.9 Å². The van der Waals surface area contributed by atoms with Crippen LogP contribution in [-0.2, 0) is 25.7 Å². The molecule has 2 rings (SSSR count). The second-order valence-corrected chi connectivity index (χ2v) is 8.27. The van der Waals surface area contributed by atoms with E-state index in [0.29, 0.717) is 11.3 Å². The van der Waals surface area contributed by atoms with Crippen molar-refractivity contribution in [3.63, 3.8) is 0 Å². The van der Waals surface area contributed by atoms with Crippen LogP contribution in [0, 0.1) is 11.3 Å². The van der Waals surface area contributed by atoms with Crippen LogP contribution in [0.25, 0.3) is 0 Å². The van der Waals surface area contributed by atoms with E-state index in [-0.39, 0.29) is 0 Å². The van der Waals surface area contributed by atoms with Crippen LogP contribution >= 0.6 is 0 Å². The SMILES string of the molecule is C=CCC(C)(C)C(C)Cc1ccc(CCCc2ccc(CC)cn2)cc1. The van der Waals surface area contributed by atoms with Gasteiger partial charge in [0.05, 0.1) is 0 Å². The molecular formula is C25H35N. The Balaban J connectivity index is 1.82. The number of aryl methyl sites for hydroxylation is 3. The zero-order valence-electron chi connectivity index (χ0n) is 17.1. The van der Waals surface area contributed by atoms with Crippen LogP contribution in [0.5, 0.6) is 0 Å². The molecule has 2 aromatic rings. The maximum Gasteiger partial charge on any atom is 0.0403 e. The average molecular weight is 350 g/mol. The van der Waals surface area contributed by atoms with Gasteiger partial charge in [0.15, 0.2) is 0 Å². The summed E-state index contributed by atoms with van der Waals surface area (Å²) in [7, 11) is 0. The lowest BCUT2D eigenvalue weighted by atomic mass is 9.74. The minimum Gasteiger partial charge on any atom is -0.261 e. The Morgan fingerprint density at radius 1 is 1.00 bits per heavy atom. The summed E-state index contributed by atoms with van der Waals surface area (Å²) in [6, 6.07) is 13.6. The van der Waals surface area contributed by atoms with Gasteiger partial charge in [-0.1, -0.05) is 64.1 Å². The van der Waals surface area contributed by atoms with Gasteiger partial charge in [0.1, 0.15) is 0 Å². The third-order valence-electron chi connectivity index (χ3n) is 5.76. The second kappa shape index (κ2) is 9.71. The predicted octanol–water partition coefficient (Wildman–Crippen LogP) is 6.60. The molecule has 0 saturated heterocycles. The van der Waals surface area contributed by atoms with Gasteiger partial charge in [0, 0.05) is 11.9 Å². The van der Waals surface area contributed by atoms with Gasteiger partial charge in [-0.05, 0) is 72.6 Å². The van der Waals surface area contributed by atoms with E-state index in [2.05, 4.69) is 75.7 Å². The first kappa shape index (κ1) is 20.4. The van der Waals surface area contributed by atoms with Crippen molar-refractivity contribution in [2.45, 2.75) is 66.2 Å². The van der Waals surface area contributed by atoms with Gasteiger partial charge in [0.25, 0.3) is 0 Å². The summed E-state index contributed by atoms with van der Waals surface area (Å²) in [5.41, 5.74) is 5.69. The molecule has 1 aromatic carbocycles. The fourth-order valence-electron chi connectivity index (χ4n) is 3.33. The lowest BCUT2D eigenvalue weighted by molar-refractivity contribution is 0.232. The van der Waals surface area contributed by atoms with Crippen molar-refractivity contribution in [2.75, 3.05) is 0 Å². The molecule has 1 nitrogen and oxygen atoms in total. The third kappa shape index (κ3) is 6.12. The summed E-state index contributed by atoms with van der Waals surface area (Å²) < 4.78 is 0. The maximum atomic E-state index is 4.56. The number of aromatic nitrogens is 1. The van der Waals surface area contributed by atoms with Crippen molar-refractivity contribution in [1.29, 1.82) is 0 Å². The smallest absolute Gasteiger partial charge is 0.0403 e.